The Morgan fingerprint density at radius 3 is 2.82 bits per heavy atom. The van der Waals surface area contributed by atoms with E-state index in [9.17, 15) is 14.0 Å². The molecular weight excluding hydrogens is 401 g/mol. The van der Waals surface area contributed by atoms with Gasteiger partial charge in [0.05, 0.1) is 26.9 Å². The predicted molar refractivity (Wildman–Crippen MR) is 109 cm³/mol. The minimum Gasteiger partial charge on any atom is -0.355 e. The number of nitrogens with one attached hydrogen (secondary N) is 1. The van der Waals surface area contributed by atoms with Gasteiger partial charge in [-0.05, 0) is 43.2 Å². The van der Waals surface area contributed by atoms with Gasteiger partial charge in [0.25, 0.3) is 5.56 Å². The summed E-state index contributed by atoms with van der Waals surface area (Å²) in [6, 6.07) is 11.1. The van der Waals surface area contributed by atoms with E-state index in [-0.39, 0.29) is 21.7 Å². The van der Waals surface area contributed by atoms with Crippen molar-refractivity contribution in [2.45, 2.75) is 29.7 Å². The number of hydrogen-bond donors (Lipinski definition) is 1. The Labute approximate surface area is 169 Å². The van der Waals surface area contributed by atoms with Gasteiger partial charge in [-0.2, -0.15) is 0 Å². The molecule has 1 aliphatic rings. The topological polar surface area (TPSA) is 64.0 Å². The van der Waals surface area contributed by atoms with E-state index in [2.05, 4.69) is 10.3 Å². The van der Waals surface area contributed by atoms with E-state index in [0.717, 1.165) is 12.8 Å². The minimum absolute atomic E-state index is 0.0615. The van der Waals surface area contributed by atoms with Crippen molar-refractivity contribution in [2.24, 2.45) is 0 Å². The third-order valence-electron chi connectivity index (χ3n) is 4.64. The molecule has 1 aromatic heterocycles. The van der Waals surface area contributed by atoms with Gasteiger partial charge in [0.1, 0.15) is 5.82 Å². The van der Waals surface area contributed by atoms with Gasteiger partial charge in [-0.25, -0.2) is 9.37 Å². The highest BCUT2D eigenvalue weighted by molar-refractivity contribution is 8.00. The van der Waals surface area contributed by atoms with Gasteiger partial charge >= 0.3 is 0 Å². The third kappa shape index (κ3) is 3.64. The monoisotopic (exact) mass is 417 g/mol. The molecule has 144 valence electrons. The van der Waals surface area contributed by atoms with Gasteiger partial charge in [0.2, 0.25) is 5.91 Å². The standard InChI is InChI=1S/C20H17ClFN3O2S/c21-14-11-12(8-9-15(14)22)25-19(27)13-5-1-2-6-16(13)24-20(25)28-17-7-3-4-10-23-18(17)26/h1-2,5-6,8-9,11,17H,3-4,7,10H2,(H,23,26)/t17-/m0/s1. The van der Waals surface area contributed by atoms with Gasteiger partial charge in [0.15, 0.2) is 5.16 Å². The van der Waals surface area contributed by atoms with E-state index in [1.54, 1.807) is 24.3 Å². The Hall–Kier alpha value is -2.38. The summed E-state index contributed by atoms with van der Waals surface area (Å²) >= 11 is 7.19. The number of aromatic nitrogens is 2. The molecule has 1 fully saturated rings. The van der Waals surface area contributed by atoms with Crippen LogP contribution in [0, 0.1) is 5.82 Å². The van der Waals surface area contributed by atoms with E-state index in [1.165, 1.54) is 34.5 Å². The van der Waals surface area contributed by atoms with Gasteiger partial charge in [0, 0.05) is 6.54 Å². The van der Waals surface area contributed by atoms with Crippen LogP contribution in [0.3, 0.4) is 0 Å². The quantitative estimate of drug-likeness (QED) is 0.655. The first-order valence-corrected chi connectivity index (χ1v) is 10.2. The molecule has 0 unspecified atom stereocenters. The van der Waals surface area contributed by atoms with Crippen LogP contribution < -0.4 is 10.9 Å². The van der Waals surface area contributed by atoms with Gasteiger partial charge < -0.3 is 5.32 Å². The smallest absolute Gasteiger partial charge is 0.266 e. The second-order valence-electron chi connectivity index (χ2n) is 6.54. The van der Waals surface area contributed by atoms with Crippen molar-refractivity contribution < 1.29 is 9.18 Å². The number of carbonyl (C=O) groups is 1. The summed E-state index contributed by atoms with van der Waals surface area (Å²) in [5.41, 5.74) is 0.671. The number of amides is 1. The van der Waals surface area contributed by atoms with Crippen LogP contribution in [0.25, 0.3) is 16.6 Å². The molecule has 1 saturated heterocycles. The molecule has 0 radical (unpaired) electrons. The van der Waals surface area contributed by atoms with E-state index in [4.69, 9.17) is 11.6 Å². The summed E-state index contributed by atoms with van der Waals surface area (Å²) in [6.07, 6.45) is 2.54. The molecule has 1 N–H and O–H groups in total. The summed E-state index contributed by atoms with van der Waals surface area (Å²) in [4.78, 5) is 30.2. The zero-order valence-corrected chi connectivity index (χ0v) is 16.4. The molecule has 0 bridgehead atoms. The molecular formula is C20H17ClFN3O2S. The lowest BCUT2D eigenvalue weighted by atomic mass is 10.2. The fraction of sp³-hybridized carbons (Fsp3) is 0.250. The van der Waals surface area contributed by atoms with Crippen LogP contribution in [0.4, 0.5) is 4.39 Å². The van der Waals surface area contributed by atoms with E-state index >= 15 is 0 Å². The van der Waals surface area contributed by atoms with Crippen molar-refractivity contribution in [3.63, 3.8) is 0 Å². The van der Waals surface area contributed by atoms with Crippen molar-refractivity contribution in [1.29, 1.82) is 0 Å². The second kappa shape index (κ2) is 7.93. The first-order valence-electron chi connectivity index (χ1n) is 8.96. The molecule has 8 heteroatoms. The number of fused-ring (bicyclic) bond motifs is 1. The van der Waals surface area contributed by atoms with Gasteiger partial charge in [-0.15, -0.1) is 0 Å². The maximum Gasteiger partial charge on any atom is 0.266 e. The van der Waals surface area contributed by atoms with Crippen molar-refractivity contribution >= 4 is 40.2 Å². The maximum atomic E-state index is 13.6. The van der Waals surface area contributed by atoms with Crippen LogP contribution in [0.2, 0.25) is 5.02 Å². The number of benzene rings is 2. The molecule has 28 heavy (non-hydrogen) atoms. The number of nitrogens with zero attached hydrogens (tertiary/aromatic N) is 2. The molecule has 5 nitrogen and oxygen atoms in total. The lowest BCUT2D eigenvalue weighted by Gasteiger charge is -2.17. The molecule has 2 aromatic carbocycles. The Morgan fingerprint density at radius 2 is 2.00 bits per heavy atom. The fourth-order valence-corrected chi connectivity index (χ4v) is 4.54. The van der Waals surface area contributed by atoms with Gasteiger partial charge in [-0.1, -0.05) is 41.9 Å². The number of rotatable bonds is 3. The zero-order valence-electron chi connectivity index (χ0n) is 14.8. The van der Waals surface area contributed by atoms with Crippen LogP contribution in [-0.2, 0) is 4.79 Å². The van der Waals surface area contributed by atoms with E-state index in [1.807, 2.05) is 0 Å². The zero-order chi connectivity index (χ0) is 19.7. The summed E-state index contributed by atoms with van der Waals surface area (Å²) in [7, 11) is 0. The first-order chi connectivity index (χ1) is 13.5. The lowest BCUT2D eigenvalue weighted by Crippen LogP contribution is -2.31. The van der Waals surface area contributed by atoms with Gasteiger partial charge in [-0.3, -0.25) is 14.2 Å². The highest BCUT2D eigenvalue weighted by atomic mass is 35.5. The SMILES string of the molecule is O=C1NCCCC[C@@H]1Sc1nc2ccccc2c(=O)n1-c1ccc(F)c(Cl)c1. The Bertz CT molecular complexity index is 1120. The Morgan fingerprint density at radius 1 is 1.18 bits per heavy atom. The van der Waals surface area contributed by atoms with Crippen molar-refractivity contribution in [3.05, 3.63) is 63.7 Å². The second-order valence-corrected chi connectivity index (χ2v) is 8.12. The van der Waals surface area contributed by atoms with E-state index < -0.39 is 5.82 Å². The molecule has 2 heterocycles. The predicted octanol–water partition coefficient (Wildman–Crippen LogP) is 3.94. The van der Waals surface area contributed by atoms with Crippen molar-refractivity contribution in [1.82, 2.24) is 14.9 Å². The molecule has 1 aliphatic heterocycles. The number of para-hydroxylation sites is 1. The van der Waals surface area contributed by atoms with Crippen molar-refractivity contribution in [3.8, 4) is 5.69 Å². The average molecular weight is 418 g/mol. The summed E-state index contributed by atoms with van der Waals surface area (Å²) in [6.45, 7) is 0.654. The lowest BCUT2D eigenvalue weighted by molar-refractivity contribution is -0.120. The minimum atomic E-state index is -0.565. The number of thioether (sulfide) groups is 1. The molecule has 3 aromatic rings. The average Bonchev–Trinajstić information content (AvgIpc) is 2.89. The van der Waals surface area contributed by atoms with Crippen LogP contribution >= 0.6 is 23.4 Å². The molecule has 0 saturated carbocycles. The Kier molecular flexibility index (Phi) is 5.37. The number of halogens is 2. The maximum absolute atomic E-state index is 13.6. The summed E-state index contributed by atoms with van der Waals surface area (Å²) in [5.74, 6) is -0.627. The molecule has 1 amide bonds. The van der Waals surface area contributed by atoms with Crippen LogP contribution in [0.15, 0.2) is 52.4 Å². The highest BCUT2D eigenvalue weighted by Crippen LogP contribution is 2.30. The molecule has 4 rings (SSSR count). The van der Waals surface area contributed by atoms with Crippen LogP contribution in [-0.4, -0.2) is 27.3 Å². The van der Waals surface area contributed by atoms with Crippen LogP contribution in [0.1, 0.15) is 19.3 Å². The van der Waals surface area contributed by atoms with Crippen molar-refractivity contribution in [2.75, 3.05) is 6.54 Å². The number of carbonyl (C=O) groups excluding carboxylic acids is 1. The first kappa shape index (κ1) is 19.0. The van der Waals surface area contributed by atoms with E-state index in [0.29, 0.717) is 34.7 Å². The normalized spacial score (nSPS) is 17.4. The summed E-state index contributed by atoms with van der Waals surface area (Å²) < 4.78 is 15.0. The third-order valence-corrected chi connectivity index (χ3v) is 6.15. The summed E-state index contributed by atoms with van der Waals surface area (Å²) in [5, 5.41) is 3.29. The largest absolute Gasteiger partial charge is 0.355 e. The Balaban J connectivity index is 1.89. The number of hydrogen-bond acceptors (Lipinski definition) is 4. The highest BCUT2D eigenvalue weighted by Gasteiger charge is 2.25. The van der Waals surface area contributed by atoms with Crippen LogP contribution in [0.5, 0.6) is 0 Å². The molecule has 0 aliphatic carbocycles. The fourth-order valence-electron chi connectivity index (χ4n) is 3.19. The molecule has 0 spiro atoms. The molecule has 1 atom stereocenters.